The van der Waals surface area contributed by atoms with Crippen LogP contribution in [0, 0.1) is 0 Å². The van der Waals surface area contributed by atoms with Gasteiger partial charge in [-0.1, -0.05) is 42.8 Å². The first-order valence-corrected chi connectivity index (χ1v) is 12.1. The molecule has 4 N–H and O–H groups in total. The van der Waals surface area contributed by atoms with Gasteiger partial charge >= 0.3 is 0 Å². The van der Waals surface area contributed by atoms with Crippen LogP contribution in [0.5, 0.6) is 0 Å². The average Bonchev–Trinajstić information content (AvgIpc) is 2.77. The van der Waals surface area contributed by atoms with Crippen LogP contribution in [0.25, 0.3) is 21.8 Å². The molecule has 1 heterocycles. The number of halogens is 1. The molecule has 0 radical (unpaired) electrons. The zero-order valence-electron chi connectivity index (χ0n) is 17.6. The smallest absolute Gasteiger partial charge is 0.232 e. The Morgan fingerprint density at radius 1 is 0.750 bits per heavy atom. The van der Waals surface area contributed by atoms with E-state index in [4.69, 9.17) is 10.7 Å². The Bertz CT molecular complexity index is 1240. The van der Waals surface area contributed by atoms with Crippen molar-refractivity contribution in [3.63, 3.8) is 0 Å². The van der Waals surface area contributed by atoms with Crippen LogP contribution >= 0.6 is 12.4 Å². The van der Waals surface area contributed by atoms with Gasteiger partial charge in [-0.05, 0) is 55.8 Å². The summed E-state index contributed by atoms with van der Waals surface area (Å²) in [6.07, 6.45) is 2.26. The summed E-state index contributed by atoms with van der Waals surface area (Å²) in [6, 6.07) is 23.3. The van der Waals surface area contributed by atoms with Crippen LogP contribution in [-0.4, -0.2) is 25.7 Å². The van der Waals surface area contributed by atoms with E-state index in [0.717, 1.165) is 46.0 Å². The van der Waals surface area contributed by atoms with Gasteiger partial charge < -0.3 is 11.1 Å². The first-order chi connectivity index (χ1) is 15.1. The zero-order valence-corrected chi connectivity index (χ0v) is 19.3. The number of para-hydroxylation sites is 2. The second-order valence-electron chi connectivity index (χ2n) is 7.49. The molecule has 0 saturated carbocycles. The van der Waals surface area contributed by atoms with E-state index in [1.807, 2.05) is 60.7 Å². The van der Waals surface area contributed by atoms with E-state index in [-0.39, 0.29) is 18.2 Å². The number of hydrogen-bond donors (Lipinski definition) is 3. The SMILES string of the molecule is Cl.NCCCCCS(=O)(=O)Nc1ccc(Nc2c3ccccc3nc3ccccc23)cc1. The van der Waals surface area contributed by atoms with Gasteiger partial charge in [0.15, 0.2) is 0 Å². The van der Waals surface area contributed by atoms with E-state index in [1.54, 1.807) is 12.1 Å². The summed E-state index contributed by atoms with van der Waals surface area (Å²) in [6.45, 7) is 0.587. The van der Waals surface area contributed by atoms with E-state index in [2.05, 4.69) is 10.0 Å². The Morgan fingerprint density at radius 3 is 1.91 bits per heavy atom. The lowest BCUT2D eigenvalue weighted by molar-refractivity contribution is 0.595. The summed E-state index contributed by atoms with van der Waals surface area (Å²) < 4.78 is 27.2. The van der Waals surface area contributed by atoms with Gasteiger partial charge in [0.05, 0.1) is 22.5 Å². The number of fused-ring (bicyclic) bond motifs is 2. The highest BCUT2D eigenvalue weighted by Gasteiger charge is 2.11. The van der Waals surface area contributed by atoms with Crippen LogP contribution in [0.15, 0.2) is 72.8 Å². The minimum atomic E-state index is -3.36. The van der Waals surface area contributed by atoms with Crippen molar-refractivity contribution in [1.82, 2.24) is 4.98 Å². The number of benzene rings is 3. The second kappa shape index (κ2) is 10.6. The highest BCUT2D eigenvalue weighted by Crippen LogP contribution is 2.33. The minimum absolute atomic E-state index is 0. The molecule has 0 aliphatic carbocycles. The number of rotatable bonds is 9. The van der Waals surface area contributed by atoms with E-state index in [0.29, 0.717) is 18.7 Å². The van der Waals surface area contributed by atoms with E-state index >= 15 is 0 Å². The standard InChI is InChI=1S/C24H26N4O2S.ClH/c25-16-6-1-7-17-31(29,30)28-19-14-12-18(13-15-19)26-24-20-8-2-4-10-22(20)27-23-11-5-3-9-21(23)24;/h2-5,8-15,28H,1,6-7,16-17,25H2,(H,26,27);1H. The van der Waals surface area contributed by atoms with E-state index in [1.165, 1.54) is 0 Å². The van der Waals surface area contributed by atoms with Gasteiger partial charge in [-0.15, -0.1) is 12.4 Å². The highest BCUT2D eigenvalue weighted by atomic mass is 35.5. The summed E-state index contributed by atoms with van der Waals surface area (Å²) in [4.78, 5) is 4.75. The largest absolute Gasteiger partial charge is 0.354 e. The fourth-order valence-electron chi connectivity index (χ4n) is 3.58. The first kappa shape index (κ1) is 23.8. The fourth-order valence-corrected chi connectivity index (χ4v) is 4.77. The molecule has 8 heteroatoms. The summed E-state index contributed by atoms with van der Waals surface area (Å²) in [5, 5.41) is 5.56. The molecule has 0 aliphatic heterocycles. The fraction of sp³-hybridized carbons (Fsp3) is 0.208. The van der Waals surface area contributed by atoms with Gasteiger partial charge in [0.2, 0.25) is 10.0 Å². The van der Waals surface area contributed by atoms with Crippen molar-refractivity contribution in [3.8, 4) is 0 Å². The van der Waals surface area contributed by atoms with Crippen molar-refractivity contribution >= 4 is 61.3 Å². The Balaban J connectivity index is 0.00000289. The molecule has 0 fully saturated rings. The van der Waals surface area contributed by atoms with Crippen LogP contribution in [0.1, 0.15) is 19.3 Å². The highest BCUT2D eigenvalue weighted by molar-refractivity contribution is 7.92. The summed E-state index contributed by atoms with van der Waals surface area (Å²) in [7, 11) is -3.36. The average molecular weight is 471 g/mol. The lowest BCUT2D eigenvalue weighted by atomic mass is 10.1. The Labute approximate surface area is 194 Å². The quantitative estimate of drug-likeness (QED) is 0.224. The third-order valence-corrected chi connectivity index (χ3v) is 6.51. The minimum Gasteiger partial charge on any atom is -0.354 e. The zero-order chi connectivity index (χ0) is 21.7. The molecule has 0 amide bonds. The van der Waals surface area contributed by atoms with Crippen molar-refractivity contribution < 1.29 is 8.42 Å². The summed E-state index contributed by atoms with van der Waals surface area (Å²) >= 11 is 0. The van der Waals surface area contributed by atoms with Gasteiger partial charge in [-0.3, -0.25) is 4.72 Å². The maximum absolute atomic E-state index is 12.3. The second-order valence-corrected chi connectivity index (χ2v) is 9.34. The number of hydrogen-bond acceptors (Lipinski definition) is 5. The monoisotopic (exact) mass is 470 g/mol. The molecule has 4 aromatic rings. The Morgan fingerprint density at radius 2 is 1.31 bits per heavy atom. The first-order valence-electron chi connectivity index (χ1n) is 10.4. The Kier molecular flexibility index (Phi) is 7.90. The van der Waals surface area contributed by atoms with Gasteiger partial charge in [-0.2, -0.15) is 0 Å². The van der Waals surface area contributed by atoms with Crippen molar-refractivity contribution in [2.24, 2.45) is 5.73 Å². The van der Waals surface area contributed by atoms with Crippen LogP contribution < -0.4 is 15.8 Å². The molecule has 1 aromatic heterocycles. The topological polar surface area (TPSA) is 97.1 Å². The van der Waals surface area contributed by atoms with Crippen molar-refractivity contribution in [1.29, 1.82) is 0 Å². The van der Waals surface area contributed by atoms with Crippen LogP contribution in [0.2, 0.25) is 0 Å². The lowest BCUT2D eigenvalue weighted by Gasteiger charge is -2.14. The maximum atomic E-state index is 12.3. The molecule has 0 atom stereocenters. The van der Waals surface area contributed by atoms with Crippen molar-refractivity contribution in [2.45, 2.75) is 19.3 Å². The van der Waals surface area contributed by atoms with Gasteiger partial charge in [0.25, 0.3) is 0 Å². The number of unbranched alkanes of at least 4 members (excludes halogenated alkanes) is 2. The van der Waals surface area contributed by atoms with Gasteiger partial charge in [-0.25, -0.2) is 13.4 Å². The molecule has 0 spiro atoms. The number of sulfonamides is 1. The number of nitrogens with zero attached hydrogens (tertiary/aromatic N) is 1. The molecule has 4 rings (SSSR count). The molecule has 168 valence electrons. The van der Waals surface area contributed by atoms with Gasteiger partial charge in [0, 0.05) is 22.1 Å². The Hall–Kier alpha value is -2.87. The number of anilines is 3. The van der Waals surface area contributed by atoms with Crippen molar-refractivity contribution in [2.75, 3.05) is 22.3 Å². The predicted molar refractivity (Wildman–Crippen MR) is 137 cm³/mol. The number of nitrogens with two attached hydrogens (primary N) is 1. The normalized spacial score (nSPS) is 11.3. The van der Waals surface area contributed by atoms with E-state index in [9.17, 15) is 8.42 Å². The predicted octanol–water partition coefficient (Wildman–Crippen LogP) is 5.42. The molecular formula is C24H27ClN4O2S. The molecule has 0 saturated heterocycles. The molecule has 32 heavy (non-hydrogen) atoms. The molecule has 3 aromatic carbocycles. The third kappa shape index (κ3) is 5.68. The number of nitrogens with one attached hydrogen (secondary N) is 2. The molecular weight excluding hydrogens is 444 g/mol. The lowest BCUT2D eigenvalue weighted by Crippen LogP contribution is -2.16. The number of pyridine rings is 1. The molecule has 6 nitrogen and oxygen atoms in total. The van der Waals surface area contributed by atoms with Crippen molar-refractivity contribution in [3.05, 3.63) is 72.8 Å². The summed E-state index contributed by atoms with van der Waals surface area (Å²) in [5.41, 5.74) is 9.70. The summed E-state index contributed by atoms with van der Waals surface area (Å²) in [5.74, 6) is 0.0992. The van der Waals surface area contributed by atoms with Crippen LogP contribution in [-0.2, 0) is 10.0 Å². The molecule has 0 aliphatic rings. The van der Waals surface area contributed by atoms with Gasteiger partial charge in [0.1, 0.15) is 0 Å². The van der Waals surface area contributed by atoms with E-state index < -0.39 is 10.0 Å². The van der Waals surface area contributed by atoms with Crippen LogP contribution in [0.3, 0.4) is 0 Å². The molecule has 0 bridgehead atoms. The molecule has 0 unspecified atom stereocenters. The number of aromatic nitrogens is 1. The maximum Gasteiger partial charge on any atom is 0.232 e. The van der Waals surface area contributed by atoms with Crippen LogP contribution in [0.4, 0.5) is 17.1 Å². The third-order valence-electron chi connectivity index (χ3n) is 5.13.